The first-order valence-corrected chi connectivity index (χ1v) is 7.27. The van der Waals surface area contributed by atoms with E-state index >= 15 is 0 Å². The van der Waals surface area contributed by atoms with Crippen LogP contribution in [-0.2, 0) is 0 Å². The van der Waals surface area contributed by atoms with Crippen molar-refractivity contribution in [3.05, 3.63) is 21.9 Å². The fraction of sp³-hybridized carbons (Fsp3) is 0.643. The number of hydrogen-bond donors (Lipinski definition) is 1. The van der Waals surface area contributed by atoms with Crippen LogP contribution in [0.3, 0.4) is 0 Å². The van der Waals surface area contributed by atoms with Gasteiger partial charge in [0.25, 0.3) is 5.91 Å². The average molecular weight is 251 g/mol. The fourth-order valence-corrected chi connectivity index (χ4v) is 3.35. The van der Waals surface area contributed by atoms with E-state index in [0.717, 1.165) is 17.2 Å². The molecule has 17 heavy (non-hydrogen) atoms. The van der Waals surface area contributed by atoms with Gasteiger partial charge < -0.3 is 5.32 Å². The zero-order valence-corrected chi connectivity index (χ0v) is 11.6. The van der Waals surface area contributed by atoms with Gasteiger partial charge in [0.2, 0.25) is 0 Å². The molecule has 0 saturated heterocycles. The predicted molar refractivity (Wildman–Crippen MR) is 72.5 cm³/mol. The molecular formula is C14H21NOS. The lowest BCUT2D eigenvalue weighted by atomic mass is 9.78. The van der Waals surface area contributed by atoms with E-state index in [2.05, 4.69) is 19.2 Å². The lowest BCUT2D eigenvalue weighted by Gasteiger charge is -2.34. The Labute approximate surface area is 107 Å². The monoisotopic (exact) mass is 251 g/mol. The van der Waals surface area contributed by atoms with Gasteiger partial charge in [-0.25, -0.2) is 0 Å². The molecule has 0 unspecified atom stereocenters. The highest BCUT2D eigenvalue weighted by atomic mass is 32.1. The lowest BCUT2D eigenvalue weighted by Crippen LogP contribution is -2.43. The van der Waals surface area contributed by atoms with E-state index in [1.165, 1.54) is 17.7 Å². The molecule has 1 aromatic rings. The van der Waals surface area contributed by atoms with Crippen molar-refractivity contribution in [3.63, 3.8) is 0 Å². The van der Waals surface area contributed by atoms with E-state index in [1.54, 1.807) is 11.3 Å². The second-order valence-electron chi connectivity index (χ2n) is 5.26. The van der Waals surface area contributed by atoms with Gasteiger partial charge in [0.15, 0.2) is 0 Å². The Bertz CT molecular complexity index is 399. The van der Waals surface area contributed by atoms with E-state index in [9.17, 15) is 4.79 Å². The Balaban J connectivity index is 1.98. The maximum absolute atomic E-state index is 12.1. The number of hydrogen-bond acceptors (Lipinski definition) is 2. The van der Waals surface area contributed by atoms with Crippen LogP contribution in [0.5, 0.6) is 0 Å². The highest BCUT2D eigenvalue weighted by Gasteiger charge is 2.28. The van der Waals surface area contributed by atoms with E-state index < -0.39 is 0 Å². The standard InChI is InChI=1S/C14H21NOS/c1-9-5-4-6-12(11(9)3)15-14(16)13-8-7-10(2)17-13/h7-9,11-12H,4-6H2,1-3H3,(H,15,16)/t9-,11-,12-/m0/s1. The summed E-state index contributed by atoms with van der Waals surface area (Å²) in [5.41, 5.74) is 0. The number of rotatable bonds is 2. The van der Waals surface area contributed by atoms with Gasteiger partial charge in [-0.2, -0.15) is 0 Å². The Hall–Kier alpha value is -0.830. The molecule has 0 aromatic carbocycles. The molecule has 0 aliphatic heterocycles. The van der Waals surface area contributed by atoms with Crippen LogP contribution in [0.15, 0.2) is 12.1 Å². The molecular weight excluding hydrogens is 230 g/mol. The van der Waals surface area contributed by atoms with Gasteiger partial charge in [-0.3, -0.25) is 4.79 Å². The van der Waals surface area contributed by atoms with Gasteiger partial charge in [-0.15, -0.1) is 11.3 Å². The quantitative estimate of drug-likeness (QED) is 0.854. The molecule has 2 nitrogen and oxygen atoms in total. The number of thiophene rings is 1. The number of carbonyl (C=O) groups is 1. The molecule has 1 N–H and O–H groups in total. The minimum atomic E-state index is 0.106. The molecule has 3 heteroatoms. The average Bonchev–Trinajstić information content (AvgIpc) is 2.72. The molecule has 1 aromatic heterocycles. The molecule has 2 rings (SSSR count). The van der Waals surface area contributed by atoms with Crippen molar-refractivity contribution in [3.8, 4) is 0 Å². The molecule has 1 heterocycles. The largest absolute Gasteiger partial charge is 0.348 e. The number of carbonyl (C=O) groups excluding carboxylic acids is 1. The van der Waals surface area contributed by atoms with E-state index in [0.29, 0.717) is 12.0 Å². The summed E-state index contributed by atoms with van der Waals surface area (Å²) in [5.74, 6) is 1.42. The molecule has 0 radical (unpaired) electrons. The Morgan fingerprint density at radius 1 is 1.35 bits per heavy atom. The third-order valence-corrected chi connectivity index (χ3v) is 4.99. The third-order valence-electron chi connectivity index (χ3n) is 3.99. The number of nitrogens with one attached hydrogen (secondary N) is 1. The summed E-state index contributed by atoms with van der Waals surface area (Å²) in [6.07, 6.45) is 3.66. The number of amides is 1. The minimum Gasteiger partial charge on any atom is -0.348 e. The summed E-state index contributed by atoms with van der Waals surface area (Å²) in [5, 5.41) is 3.20. The van der Waals surface area contributed by atoms with E-state index in [-0.39, 0.29) is 5.91 Å². The smallest absolute Gasteiger partial charge is 0.261 e. The van der Waals surface area contributed by atoms with Gasteiger partial charge >= 0.3 is 0 Å². The minimum absolute atomic E-state index is 0.106. The summed E-state index contributed by atoms with van der Waals surface area (Å²) in [7, 11) is 0. The van der Waals surface area contributed by atoms with Gasteiger partial charge in [0.05, 0.1) is 4.88 Å². The summed E-state index contributed by atoms with van der Waals surface area (Å²) < 4.78 is 0. The van der Waals surface area contributed by atoms with Crippen LogP contribution >= 0.6 is 11.3 Å². The van der Waals surface area contributed by atoms with Crippen LogP contribution in [0, 0.1) is 18.8 Å². The SMILES string of the molecule is Cc1ccc(C(=O)N[C@H]2CCC[C@H](C)[C@@H]2C)s1. The first-order valence-electron chi connectivity index (χ1n) is 6.45. The maximum Gasteiger partial charge on any atom is 0.261 e. The van der Waals surface area contributed by atoms with Crippen molar-refractivity contribution >= 4 is 17.2 Å². The molecule has 0 bridgehead atoms. The normalized spacial score (nSPS) is 29.0. The lowest BCUT2D eigenvalue weighted by molar-refractivity contribution is 0.0895. The van der Waals surface area contributed by atoms with E-state index in [1.807, 2.05) is 19.1 Å². The van der Waals surface area contributed by atoms with Gasteiger partial charge in [0.1, 0.15) is 0 Å². The van der Waals surface area contributed by atoms with Crippen molar-refractivity contribution < 1.29 is 4.79 Å². The molecule has 1 fully saturated rings. The fourth-order valence-electron chi connectivity index (χ4n) is 2.58. The van der Waals surface area contributed by atoms with Gasteiger partial charge in [-0.05, 0) is 37.3 Å². The molecule has 1 saturated carbocycles. The maximum atomic E-state index is 12.1. The summed E-state index contributed by atoms with van der Waals surface area (Å²) >= 11 is 1.57. The third kappa shape index (κ3) is 2.89. The zero-order chi connectivity index (χ0) is 12.4. The zero-order valence-electron chi connectivity index (χ0n) is 10.8. The summed E-state index contributed by atoms with van der Waals surface area (Å²) in [6, 6.07) is 4.28. The second kappa shape index (κ2) is 5.21. The predicted octanol–water partition coefficient (Wildman–Crippen LogP) is 3.61. The van der Waals surface area contributed by atoms with Crippen LogP contribution < -0.4 is 5.32 Å². The number of aryl methyl sites for hydroxylation is 1. The Morgan fingerprint density at radius 3 is 2.76 bits per heavy atom. The van der Waals surface area contributed by atoms with Gasteiger partial charge in [0, 0.05) is 10.9 Å². The van der Waals surface area contributed by atoms with Crippen LogP contribution in [0.1, 0.15) is 47.7 Å². The molecule has 0 spiro atoms. The summed E-state index contributed by atoms with van der Waals surface area (Å²) in [4.78, 5) is 14.1. The summed E-state index contributed by atoms with van der Waals surface area (Å²) in [6.45, 7) is 6.58. The van der Waals surface area contributed by atoms with Crippen molar-refractivity contribution in [2.24, 2.45) is 11.8 Å². The highest BCUT2D eigenvalue weighted by Crippen LogP contribution is 2.29. The molecule has 94 valence electrons. The van der Waals surface area contributed by atoms with Crippen molar-refractivity contribution in [2.75, 3.05) is 0 Å². The topological polar surface area (TPSA) is 29.1 Å². The highest BCUT2D eigenvalue weighted by molar-refractivity contribution is 7.13. The molecule has 1 aliphatic carbocycles. The molecule has 3 atom stereocenters. The van der Waals surface area contributed by atoms with Crippen molar-refractivity contribution in [1.29, 1.82) is 0 Å². The molecule has 1 aliphatic rings. The first kappa shape index (κ1) is 12.6. The second-order valence-corrected chi connectivity index (χ2v) is 6.55. The molecule has 1 amide bonds. The van der Waals surface area contributed by atoms with Crippen LogP contribution in [0.4, 0.5) is 0 Å². The van der Waals surface area contributed by atoms with E-state index in [4.69, 9.17) is 0 Å². The Kier molecular flexibility index (Phi) is 3.87. The van der Waals surface area contributed by atoms with Crippen molar-refractivity contribution in [2.45, 2.75) is 46.1 Å². The van der Waals surface area contributed by atoms with Crippen LogP contribution in [-0.4, -0.2) is 11.9 Å². The van der Waals surface area contributed by atoms with Crippen LogP contribution in [0.2, 0.25) is 0 Å². The first-order chi connectivity index (χ1) is 8.08. The van der Waals surface area contributed by atoms with Crippen LogP contribution in [0.25, 0.3) is 0 Å². The Morgan fingerprint density at radius 2 is 2.12 bits per heavy atom. The van der Waals surface area contributed by atoms with Gasteiger partial charge in [-0.1, -0.05) is 26.7 Å². The van der Waals surface area contributed by atoms with Crippen molar-refractivity contribution in [1.82, 2.24) is 5.32 Å².